The Labute approximate surface area is 118 Å². The molecule has 1 aromatic rings. The van der Waals surface area contributed by atoms with Crippen molar-refractivity contribution >= 4 is 11.8 Å². The summed E-state index contributed by atoms with van der Waals surface area (Å²) in [6.45, 7) is 5.59. The molecule has 0 saturated carbocycles. The van der Waals surface area contributed by atoms with Gasteiger partial charge in [-0.2, -0.15) is 0 Å². The van der Waals surface area contributed by atoms with E-state index in [2.05, 4.69) is 5.32 Å². The van der Waals surface area contributed by atoms with Crippen molar-refractivity contribution in [3.63, 3.8) is 0 Å². The summed E-state index contributed by atoms with van der Waals surface area (Å²) in [7, 11) is 0. The Hall–Kier alpha value is -1.79. The second-order valence-electron chi connectivity index (χ2n) is 5.50. The van der Waals surface area contributed by atoms with Gasteiger partial charge in [0.05, 0.1) is 11.8 Å². The Morgan fingerprint density at radius 3 is 2.60 bits per heavy atom. The van der Waals surface area contributed by atoms with E-state index in [1.165, 1.54) is 12.1 Å². The maximum atomic E-state index is 11.6. The van der Waals surface area contributed by atoms with Crippen molar-refractivity contribution in [2.75, 3.05) is 11.9 Å². The number of hydrogen-bond donors (Lipinski definition) is 4. The topological polar surface area (TPSA) is 105 Å². The van der Waals surface area contributed by atoms with Crippen LogP contribution in [0, 0.1) is 0 Å². The SMILES string of the molecule is CC(C)(C)OC(=O)Nc1ccc([C@@H](O)CCN)cc1O. The molecule has 0 spiro atoms. The van der Waals surface area contributed by atoms with Crippen molar-refractivity contribution in [3.05, 3.63) is 23.8 Å². The van der Waals surface area contributed by atoms with Gasteiger partial charge in [0.2, 0.25) is 0 Å². The third-order valence-corrected chi connectivity index (χ3v) is 2.48. The number of nitrogens with two attached hydrogens (primary N) is 1. The zero-order chi connectivity index (χ0) is 15.3. The average Bonchev–Trinajstić information content (AvgIpc) is 2.29. The largest absolute Gasteiger partial charge is 0.506 e. The fourth-order valence-electron chi connectivity index (χ4n) is 1.60. The van der Waals surface area contributed by atoms with Gasteiger partial charge in [0, 0.05) is 0 Å². The van der Waals surface area contributed by atoms with Crippen LogP contribution in [0.2, 0.25) is 0 Å². The van der Waals surface area contributed by atoms with Crippen LogP contribution in [-0.2, 0) is 4.74 Å². The quantitative estimate of drug-likeness (QED) is 0.633. The van der Waals surface area contributed by atoms with Crippen LogP contribution < -0.4 is 11.1 Å². The lowest BCUT2D eigenvalue weighted by molar-refractivity contribution is 0.0635. The van der Waals surface area contributed by atoms with Gasteiger partial charge in [-0.15, -0.1) is 0 Å². The predicted octanol–water partition coefficient (Wildman–Crippen LogP) is 2.12. The second-order valence-corrected chi connectivity index (χ2v) is 5.50. The van der Waals surface area contributed by atoms with E-state index in [-0.39, 0.29) is 11.4 Å². The highest BCUT2D eigenvalue weighted by molar-refractivity contribution is 5.86. The number of amides is 1. The van der Waals surface area contributed by atoms with Gasteiger partial charge in [-0.1, -0.05) is 6.07 Å². The lowest BCUT2D eigenvalue weighted by atomic mass is 10.1. The van der Waals surface area contributed by atoms with Gasteiger partial charge in [0.15, 0.2) is 0 Å². The van der Waals surface area contributed by atoms with Crippen LogP contribution in [0.15, 0.2) is 18.2 Å². The number of ether oxygens (including phenoxy) is 1. The highest BCUT2D eigenvalue weighted by Gasteiger charge is 2.17. The maximum absolute atomic E-state index is 11.6. The summed E-state index contributed by atoms with van der Waals surface area (Å²) in [5.41, 5.74) is 5.52. The first kappa shape index (κ1) is 16.3. The normalized spacial score (nSPS) is 12.8. The van der Waals surface area contributed by atoms with Gasteiger partial charge in [0.1, 0.15) is 11.4 Å². The lowest BCUT2D eigenvalue weighted by Gasteiger charge is -2.20. The molecular weight excluding hydrogens is 260 g/mol. The number of hydrogen-bond acceptors (Lipinski definition) is 5. The summed E-state index contributed by atoms with van der Waals surface area (Å²) >= 11 is 0. The fraction of sp³-hybridized carbons (Fsp3) is 0.500. The number of rotatable bonds is 4. The molecule has 112 valence electrons. The van der Waals surface area contributed by atoms with Gasteiger partial charge in [0.25, 0.3) is 0 Å². The number of aliphatic hydroxyl groups is 1. The summed E-state index contributed by atoms with van der Waals surface area (Å²) in [4.78, 5) is 11.6. The van der Waals surface area contributed by atoms with E-state index in [1.54, 1.807) is 26.8 Å². The summed E-state index contributed by atoms with van der Waals surface area (Å²) in [5, 5.41) is 22.1. The van der Waals surface area contributed by atoms with Crippen LogP contribution in [0.5, 0.6) is 5.75 Å². The first-order valence-corrected chi connectivity index (χ1v) is 6.44. The molecule has 0 fully saturated rings. The predicted molar refractivity (Wildman–Crippen MR) is 76.6 cm³/mol. The monoisotopic (exact) mass is 282 g/mol. The van der Waals surface area contributed by atoms with Crippen LogP contribution in [0.25, 0.3) is 0 Å². The molecule has 5 N–H and O–H groups in total. The Kier molecular flexibility index (Phi) is 5.35. The van der Waals surface area contributed by atoms with Gasteiger partial charge in [-0.3, -0.25) is 5.32 Å². The minimum Gasteiger partial charge on any atom is -0.506 e. The third kappa shape index (κ3) is 5.07. The zero-order valence-corrected chi connectivity index (χ0v) is 12.0. The number of carbonyl (C=O) groups is 1. The third-order valence-electron chi connectivity index (χ3n) is 2.48. The Morgan fingerprint density at radius 1 is 1.45 bits per heavy atom. The molecule has 1 rings (SSSR count). The number of phenolic OH excluding ortho intramolecular Hbond substituents is 1. The molecule has 0 bridgehead atoms. The first-order valence-electron chi connectivity index (χ1n) is 6.44. The number of benzene rings is 1. The van der Waals surface area contributed by atoms with Crippen molar-refractivity contribution in [3.8, 4) is 5.75 Å². The number of anilines is 1. The lowest BCUT2D eigenvalue weighted by Crippen LogP contribution is -2.27. The molecule has 0 heterocycles. The molecule has 0 aromatic heterocycles. The van der Waals surface area contributed by atoms with E-state index in [0.29, 0.717) is 18.5 Å². The maximum Gasteiger partial charge on any atom is 0.412 e. The van der Waals surface area contributed by atoms with Crippen LogP contribution in [0.3, 0.4) is 0 Å². The molecule has 1 aromatic carbocycles. The highest BCUT2D eigenvalue weighted by Crippen LogP contribution is 2.28. The van der Waals surface area contributed by atoms with E-state index < -0.39 is 17.8 Å². The molecule has 0 radical (unpaired) electrons. The molecule has 0 aliphatic heterocycles. The standard InChI is InChI=1S/C14H22N2O4/c1-14(2,3)20-13(19)16-10-5-4-9(8-12(10)18)11(17)6-7-15/h4-5,8,11,17-18H,6-7,15H2,1-3H3,(H,16,19)/t11-/m0/s1. The van der Waals surface area contributed by atoms with Crippen LogP contribution >= 0.6 is 0 Å². The molecule has 20 heavy (non-hydrogen) atoms. The van der Waals surface area contributed by atoms with E-state index in [0.717, 1.165) is 0 Å². The molecule has 0 saturated heterocycles. The van der Waals surface area contributed by atoms with Crippen molar-refractivity contribution in [1.82, 2.24) is 0 Å². The second kappa shape index (κ2) is 6.58. The number of aliphatic hydroxyl groups excluding tert-OH is 1. The molecule has 0 unspecified atom stereocenters. The number of aromatic hydroxyl groups is 1. The van der Waals surface area contributed by atoms with Crippen molar-refractivity contribution in [2.24, 2.45) is 5.73 Å². The number of phenols is 1. The van der Waals surface area contributed by atoms with Crippen LogP contribution in [-0.4, -0.2) is 28.5 Å². The van der Waals surface area contributed by atoms with Gasteiger partial charge in [-0.05, 0) is 51.4 Å². The highest BCUT2D eigenvalue weighted by atomic mass is 16.6. The summed E-state index contributed by atoms with van der Waals surface area (Å²) < 4.78 is 5.09. The van der Waals surface area contributed by atoms with E-state index in [9.17, 15) is 15.0 Å². The molecule has 6 heteroatoms. The fourth-order valence-corrected chi connectivity index (χ4v) is 1.60. The Balaban J connectivity index is 2.76. The minimum atomic E-state index is -0.735. The first-order chi connectivity index (χ1) is 9.23. The average molecular weight is 282 g/mol. The summed E-state index contributed by atoms with van der Waals surface area (Å²) in [6.07, 6.45) is -0.984. The Morgan fingerprint density at radius 2 is 2.10 bits per heavy atom. The van der Waals surface area contributed by atoms with Crippen LogP contribution in [0.4, 0.5) is 10.5 Å². The molecule has 6 nitrogen and oxygen atoms in total. The minimum absolute atomic E-state index is 0.135. The van der Waals surface area contributed by atoms with E-state index in [4.69, 9.17) is 10.5 Å². The molecule has 0 aliphatic carbocycles. The summed E-state index contributed by atoms with van der Waals surface area (Å²) in [5.74, 6) is -0.135. The number of nitrogens with one attached hydrogen (secondary N) is 1. The van der Waals surface area contributed by atoms with Crippen molar-refractivity contribution < 1.29 is 19.7 Å². The Bertz CT molecular complexity index is 469. The van der Waals surface area contributed by atoms with E-state index in [1.807, 2.05) is 0 Å². The van der Waals surface area contributed by atoms with Crippen molar-refractivity contribution in [2.45, 2.75) is 38.9 Å². The van der Waals surface area contributed by atoms with E-state index >= 15 is 0 Å². The molecule has 1 amide bonds. The van der Waals surface area contributed by atoms with Gasteiger partial charge >= 0.3 is 6.09 Å². The smallest absolute Gasteiger partial charge is 0.412 e. The molecule has 0 aliphatic rings. The van der Waals surface area contributed by atoms with Crippen LogP contribution in [0.1, 0.15) is 38.9 Å². The van der Waals surface area contributed by atoms with Crippen molar-refractivity contribution in [1.29, 1.82) is 0 Å². The van der Waals surface area contributed by atoms with Gasteiger partial charge in [-0.25, -0.2) is 4.79 Å². The van der Waals surface area contributed by atoms with Gasteiger partial charge < -0.3 is 20.7 Å². The molecule has 1 atom stereocenters. The zero-order valence-electron chi connectivity index (χ0n) is 12.0. The summed E-state index contributed by atoms with van der Waals surface area (Å²) in [6, 6.07) is 4.52. The number of carbonyl (C=O) groups excluding carboxylic acids is 1. The molecular formula is C14H22N2O4.